The second-order valence-corrected chi connectivity index (χ2v) is 3.33. The summed E-state index contributed by atoms with van der Waals surface area (Å²) in [5, 5.41) is 14.6. The van der Waals surface area contributed by atoms with Gasteiger partial charge in [-0.2, -0.15) is 10.2 Å². The van der Waals surface area contributed by atoms with E-state index in [2.05, 4.69) is 30.4 Å². The van der Waals surface area contributed by atoms with E-state index in [4.69, 9.17) is 5.73 Å². The molecule has 3 heterocycles. The fraction of sp³-hybridized carbons (Fsp3) is 0. The van der Waals surface area contributed by atoms with Crippen molar-refractivity contribution in [1.82, 2.24) is 30.4 Å². The lowest BCUT2D eigenvalue weighted by Crippen LogP contribution is -1.97. The normalized spacial score (nSPS) is 10.9. The number of pyridine rings is 1. The maximum atomic E-state index is 13.1. The SMILES string of the molecule is Nc1cnnc(-c2[nH]nc3ncc(F)cc23)n1. The molecule has 0 atom stereocenters. The standard InChI is InChI=1S/C9H6FN7/c10-4-1-5-7(15-17-8(5)12-2-4)9-14-6(11)3-13-16-9/h1-3H,(H2,11,14,16)(H,12,15,17). The monoisotopic (exact) mass is 231 g/mol. The minimum absolute atomic E-state index is 0.224. The number of fused-ring (bicyclic) bond motifs is 1. The Kier molecular flexibility index (Phi) is 1.94. The number of halogens is 1. The van der Waals surface area contributed by atoms with E-state index in [1.807, 2.05) is 0 Å². The quantitative estimate of drug-likeness (QED) is 0.632. The van der Waals surface area contributed by atoms with Gasteiger partial charge in [0.15, 0.2) is 5.65 Å². The Labute approximate surface area is 93.9 Å². The Bertz CT molecular complexity index is 693. The molecule has 3 rings (SSSR count). The third kappa shape index (κ3) is 1.55. The van der Waals surface area contributed by atoms with Gasteiger partial charge < -0.3 is 5.73 Å². The zero-order valence-corrected chi connectivity index (χ0v) is 8.42. The Morgan fingerprint density at radius 1 is 1.29 bits per heavy atom. The van der Waals surface area contributed by atoms with E-state index >= 15 is 0 Å². The van der Waals surface area contributed by atoms with Gasteiger partial charge in [0, 0.05) is 0 Å². The van der Waals surface area contributed by atoms with Crippen LogP contribution in [0.25, 0.3) is 22.6 Å². The van der Waals surface area contributed by atoms with Crippen LogP contribution >= 0.6 is 0 Å². The molecular formula is C9H6FN7. The molecule has 0 saturated heterocycles. The minimum atomic E-state index is -0.461. The number of nitrogens with one attached hydrogen (secondary N) is 1. The van der Waals surface area contributed by atoms with Crippen molar-refractivity contribution in [3.05, 3.63) is 24.3 Å². The van der Waals surface area contributed by atoms with Crippen molar-refractivity contribution >= 4 is 16.9 Å². The molecule has 0 aliphatic heterocycles. The lowest BCUT2D eigenvalue weighted by molar-refractivity contribution is 0.624. The number of H-pyrrole nitrogens is 1. The van der Waals surface area contributed by atoms with Gasteiger partial charge in [-0.15, -0.1) is 5.10 Å². The molecule has 3 N–H and O–H groups in total. The van der Waals surface area contributed by atoms with Gasteiger partial charge in [-0.3, -0.25) is 5.10 Å². The molecule has 7 nitrogen and oxygen atoms in total. The highest BCUT2D eigenvalue weighted by Gasteiger charge is 2.12. The summed E-state index contributed by atoms with van der Waals surface area (Å²) in [6.07, 6.45) is 2.41. The summed E-state index contributed by atoms with van der Waals surface area (Å²) in [6, 6.07) is 1.30. The van der Waals surface area contributed by atoms with E-state index in [9.17, 15) is 4.39 Å². The molecule has 0 aliphatic carbocycles. The molecule has 0 radical (unpaired) electrons. The van der Waals surface area contributed by atoms with Crippen molar-refractivity contribution in [2.75, 3.05) is 5.73 Å². The average Bonchev–Trinajstić information content (AvgIpc) is 2.71. The van der Waals surface area contributed by atoms with Crippen molar-refractivity contribution in [2.24, 2.45) is 0 Å². The summed E-state index contributed by atoms with van der Waals surface area (Å²) in [7, 11) is 0. The molecule has 0 aromatic carbocycles. The Morgan fingerprint density at radius 3 is 3.00 bits per heavy atom. The van der Waals surface area contributed by atoms with Crippen molar-refractivity contribution in [3.63, 3.8) is 0 Å². The van der Waals surface area contributed by atoms with Gasteiger partial charge >= 0.3 is 0 Å². The maximum absolute atomic E-state index is 13.1. The van der Waals surface area contributed by atoms with Crippen molar-refractivity contribution in [3.8, 4) is 11.5 Å². The average molecular weight is 231 g/mol. The molecule has 17 heavy (non-hydrogen) atoms. The lowest BCUT2D eigenvalue weighted by Gasteiger charge is -1.96. The summed E-state index contributed by atoms with van der Waals surface area (Å²) in [6.45, 7) is 0. The Morgan fingerprint density at radius 2 is 2.18 bits per heavy atom. The van der Waals surface area contributed by atoms with Crippen LogP contribution in [-0.2, 0) is 0 Å². The molecule has 0 saturated carbocycles. The minimum Gasteiger partial charge on any atom is -0.382 e. The van der Waals surface area contributed by atoms with Crippen LogP contribution in [0, 0.1) is 5.82 Å². The summed E-state index contributed by atoms with van der Waals surface area (Å²) in [5.74, 6) is 0.0130. The summed E-state index contributed by atoms with van der Waals surface area (Å²) >= 11 is 0. The smallest absolute Gasteiger partial charge is 0.202 e. The molecule has 84 valence electrons. The number of nitrogen functional groups attached to an aromatic ring is 1. The van der Waals surface area contributed by atoms with E-state index in [0.29, 0.717) is 16.7 Å². The van der Waals surface area contributed by atoms with Crippen LogP contribution in [0.5, 0.6) is 0 Å². The zero-order valence-electron chi connectivity index (χ0n) is 8.42. The molecule has 0 spiro atoms. The summed E-state index contributed by atoms with van der Waals surface area (Å²) in [4.78, 5) is 7.80. The number of aromatic nitrogens is 6. The zero-order chi connectivity index (χ0) is 11.8. The number of hydrogen-bond donors (Lipinski definition) is 2. The summed E-state index contributed by atoms with van der Waals surface area (Å²) < 4.78 is 13.1. The van der Waals surface area contributed by atoms with Gasteiger partial charge in [-0.1, -0.05) is 0 Å². The van der Waals surface area contributed by atoms with Crippen LogP contribution in [0.1, 0.15) is 0 Å². The number of nitrogens with two attached hydrogens (primary N) is 1. The Balaban J connectivity index is 2.27. The van der Waals surface area contributed by atoms with Crippen LogP contribution in [0.4, 0.5) is 10.2 Å². The molecule has 0 unspecified atom stereocenters. The Hall–Kier alpha value is -2.64. The van der Waals surface area contributed by atoms with Crippen molar-refractivity contribution in [2.45, 2.75) is 0 Å². The molecule has 0 fully saturated rings. The second kappa shape index (κ2) is 3.44. The topological polar surface area (TPSA) is 106 Å². The highest BCUT2D eigenvalue weighted by atomic mass is 19.1. The van der Waals surface area contributed by atoms with Crippen LogP contribution < -0.4 is 5.73 Å². The van der Waals surface area contributed by atoms with Gasteiger partial charge in [0.1, 0.15) is 17.3 Å². The van der Waals surface area contributed by atoms with Crippen LogP contribution in [0.3, 0.4) is 0 Å². The van der Waals surface area contributed by atoms with Crippen LogP contribution in [0.2, 0.25) is 0 Å². The van der Waals surface area contributed by atoms with Gasteiger partial charge in [-0.05, 0) is 6.07 Å². The van der Waals surface area contributed by atoms with Crippen molar-refractivity contribution < 1.29 is 4.39 Å². The van der Waals surface area contributed by atoms with Gasteiger partial charge in [0.2, 0.25) is 5.82 Å². The van der Waals surface area contributed by atoms with Gasteiger partial charge in [0.25, 0.3) is 0 Å². The second-order valence-electron chi connectivity index (χ2n) is 3.33. The van der Waals surface area contributed by atoms with Gasteiger partial charge in [0.05, 0.1) is 17.8 Å². The van der Waals surface area contributed by atoms with E-state index in [-0.39, 0.29) is 11.6 Å². The highest BCUT2D eigenvalue weighted by molar-refractivity contribution is 5.88. The summed E-state index contributed by atoms with van der Waals surface area (Å²) in [5.41, 5.74) is 6.32. The van der Waals surface area contributed by atoms with E-state index in [1.54, 1.807) is 0 Å². The number of anilines is 1. The predicted molar refractivity (Wildman–Crippen MR) is 57.1 cm³/mol. The fourth-order valence-corrected chi connectivity index (χ4v) is 1.47. The first-order chi connectivity index (χ1) is 8.24. The van der Waals surface area contributed by atoms with E-state index in [0.717, 1.165) is 6.20 Å². The van der Waals surface area contributed by atoms with Crippen LogP contribution in [-0.4, -0.2) is 30.4 Å². The number of aromatic amines is 1. The molecule has 8 heteroatoms. The fourth-order valence-electron chi connectivity index (χ4n) is 1.47. The first-order valence-electron chi connectivity index (χ1n) is 4.69. The molecule has 3 aromatic rings. The first-order valence-corrected chi connectivity index (χ1v) is 4.69. The largest absolute Gasteiger partial charge is 0.382 e. The van der Waals surface area contributed by atoms with Crippen LogP contribution in [0.15, 0.2) is 18.5 Å². The molecule has 3 aromatic heterocycles. The maximum Gasteiger partial charge on any atom is 0.202 e. The number of rotatable bonds is 1. The molecule has 0 aliphatic rings. The van der Waals surface area contributed by atoms with Crippen molar-refractivity contribution in [1.29, 1.82) is 0 Å². The van der Waals surface area contributed by atoms with E-state index in [1.165, 1.54) is 12.3 Å². The predicted octanol–water partition coefficient (Wildman–Crippen LogP) is 0.531. The molecule has 0 bridgehead atoms. The third-order valence-electron chi connectivity index (χ3n) is 2.18. The lowest BCUT2D eigenvalue weighted by atomic mass is 10.2. The van der Waals surface area contributed by atoms with Gasteiger partial charge in [-0.25, -0.2) is 14.4 Å². The first kappa shape index (κ1) is 9.58. The highest BCUT2D eigenvalue weighted by Crippen LogP contribution is 2.22. The molecular weight excluding hydrogens is 225 g/mol. The third-order valence-corrected chi connectivity index (χ3v) is 2.18. The van der Waals surface area contributed by atoms with E-state index < -0.39 is 5.82 Å². The number of nitrogens with zero attached hydrogens (tertiary/aromatic N) is 5. The molecule has 0 amide bonds. The number of hydrogen-bond acceptors (Lipinski definition) is 6.